The molecule has 6 nitrogen and oxygen atoms in total. The zero-order valence-corrected chi connectivity index (χ0v) is 21.4. The predicted molar refractivity (Wildman–Crippen MR) is 148 cm³/mol. The van der Waals surface area contributed by atoms with Gasteiger partial charge in [-0.1, -0.05) is 66.7 Å². The van der Waals surface area contributed by atoms with Gasteiger partial charge in [-0.3, -0.25) is 9.69 Å². The lowest BCUT2D eigenvalue weighted by Crippen LogP contribution is -2.46. The molecule has 0 radical (unpaired) electrons. The van der Waals surface area contributed by atoms with E-state index in [-0.39, 0.29) is 18.4 Å². The van der Waals surface area contributed by atoms with Gasteiger partial charge in [-0.25, -0.2) is 0 Å². The number of esters is 1. The Morgan fingerprint density at radius 2 is 1.57 bits per heavy atom. The van der Waals surface area contributed by atoms with Crippen molar-refractivity contribution >= 4 is 22.4 Å². The number of benzene rings is 3. The molecule has 1 aliphatic heterocycles. The molecule has 0 saturated carbocycles. The van der Waals surface area contributed by atoms with Crippen LogP contribution in [0.5, 0.6) is 5.88 Å². The molecule has 1 aromatic heterocycles. The molecule has 0 aliphatic carbocycles. The second-order valence-corrected chi connectivity index (χ2v) is 9.65. The minimum Gasteiger partial charge on any atom is -0.494 e. The molecule has 0 bridgehead atoms. The van der Waals surface area contributed by atoms with E-state index in [1.165, 1.54) is 11.1 Å². The second kappa shape index (κ2) is 11.5. The van der Waals surface area contributed by atoms with Crippen molar-refractivity contribution in [3.8, 4) is 5.88 Å². The van der Waals surface area contributed by atoms with Gasteiger partial charge in [0.25, 0.3) is 0 Å². The number of fused-ring (bicyclic) bond motifs is 1. The third-order valence-corrected chi connectivity index (χ3v) is 7.32. The molecule has 1 N–H and O–H groups in total. The Labute approximate surface area is 218 Å². The molecule has 2 heterocycles. The highest BCUT2D eigenvalue weighted by atomic mass is 16.5. The van der Waals surface area contributed by atoms with Gasteiger partial charge in [0.15, 0.2) is 5.88 Å². The van der Waals surface area contributed by atoms with Crippen LogP contribution < -0.4 is 4.90 Å². The van der Waals surface area contributed by atoms with E-state index >= 15 is 0 Å². The number of piperazine rings is 1. The van der Waals surface area contributed by atoms with Crippen LogP contribution in [0.2, 0.25) is 0 Å². The Bertz CT molecular complexity index is 1270. The number of hydrogen-bond acceptors (Lipinski definition) is 5. The van der Waals surface area contributed by atoms with Crippen molar-refractivity contribution in [3.05, 3.63) is 96.2 Å². The number of aromatic nitrogens is 1. The molecule has 3 aromatic carbocycles. The monoisotopic (exact) mass is 497 g/mol. The molecule has 4 aromatic rings. The number of aromatic hydroxyl groups is 1. The zero-order valence-electron chi connectivity index (χ0n) is 21.4. The summed E-state index contributed by atoms with van der Waals surface area (Å²) in [6.07, 6.45) is 2.89. The highest BCUT2D eigenvalue weighted by Gasteiger charge is 2.21. The molecule has 5 rings (SSSR count). The fourth-order valence-electron chi connectivity index (χ4n) is 5.34. The van der Waals surface area contributed by atoms with Crippen molar-refractivity contribution < 1.29 is 14.6 Å². The topological polar surface area (TPSA) is 57.9 Å². The SMILES string of the molecule is CCOC(=O)Cn1cc2ccc(N3CCN(CCC(c4ccccc4)c4ccccc4)CC3)cc2c1O. The Balaban J connectivity index is 1.21. The minimum atomic E-state index is -0.351. The summed E-state index contributed by atoms with van der Waals surface area (Å²) in [4.78, 5) is 16.8. The fourth-order valence-corrected chi connectivity index (χ4v) is 5.34. The maximum Gasteiger partial charge on any atom is 0.326 e. The number of carbonyl (C=O) groups excluding carboxylic acids is 1. The summed E-state index contributed by atoms with van der Waals surface area (Å²) in [5, 5.41) is 12.4. The molecule has 6 heteroatoms. The molecule has 0 unspecified atom stereocenters. The van der Waals surface area contributed by atoms with E-state index < -0.39 is 0 Å². The standard InChI is InChI=1S/C31H35N3O3/c1-2-37-30(35)23-34-22-26-13-14-27(21-29(26)31(34)36)33-19-17-32(18-20-33)16-15-28(24-9-5-3-6-10-24)25-11-7-4-8-12-25/h3-14,21-22,28,36H,2,15-20,23H2,1H3. The van der Waals surface area contributed by atoms with Crippen molar-refractivity contribution in [3.63, 3.8) is 0 Å². The van der Waals surface area contributed by atoms with Crippen molar-refractivity contribution in [2.45, 2.75) is 25.8 Å². The summed E-state index contributed by atoms with van der Waals surface area (Å²) in [7, 11) is 0. The van der Waals surface area contributed by atoms with E-state index in [0.29, 0.717) is 12.5 Å². The van der Waals surface area contributed by atoms with Crippen LogP contribution in [-0.2, 0) is 16.1 Å². The first kappa shape index (κ1) is 24.9. The van der Waals surface area contributed by atoms with Crippen molar-refractivity contribution in [1.82, 2.24) is 9.47 Å². The highest BCUT2D eigenvalue weighted by molar-refractivity contribution is 5.91. The first-order chi connectivity index (χ1) is 18.1. The molecule has 0 amide bonds. The van der Waals surface area contributed by atoms with Crippen molar-refractivity contribution in [2.75, 3.05) is 44.2 Å². The van der Waals surface area contributed by atoms with Gasteiger partial charge in [0, 0.05) is 54.8 Å². The van der Waals surface area contributed by atoms with Gasteiger partial charge in [-0.2, -0.15) is 0 Å². The van der Waals surface area contributed by atoms with Crippen LogP contribution in [0.4, 0.5) is 5.69 Å². The predicted octanol–water partition coefficient (Wildman–Crippen LogP) is 5.25. The largest absolute Gasteiger partial charge is 0.494 e. The average molecular weight is 498 g/mol. The Hall–Kier alpha value is -3.77. The summed E-state index contributed by atoms with van der Waals surface area (Å²) >= 11 is 0. The van der Waals surface area contributed by atoms with Crippen LogP contribution in [0.3, 0.4) is 0 Å². The average Bonchev–Trinajstić information content (AvgIpc) is 3.24. The van der Waals surface area contributed by atoms with Crippen molar-refractivity contribution in [2.24, 2.45) is 0 Å². The highest BCUT2D eigenvalue weighted by Crippen LogP contribution is 2.32. The van der Waals surface area contributed by atoms with Crippen LogP contribution in [0.1, 0.15) is 30.4 Å². The number of nitrogens with zero attached hydrogens (tertiary/aromatic N) is 3. The van der Waals surface area contributed by atoms with E-state index in [1.54, 1.807) is 17.7 Å². The Kier molecular flexibility index (Phi) is 7.76. The van der Waals surface area contributed by atoms with Crippen molar-refractivity contribution in [1.29, 1.82) is 0 Å². The molecule has 0 spiro atoms. The van der Waals surface area contributed by atoms with Gasteiger partial charge >= 0.3 is 5.97 Å². The first-order valence-electron chi connectivity index (χ1n) is 13.2. The smallest absolute Gasteiger partial charge is 0.326 e. The van der Waals surface area contributed by atoms with E-state index in [0.717, 1.165) is 55.6 Å². The third kappa shape index (κ3) is 5.81. The van der Waals surface area contributed by atoms with Gasteiger partial charge in [-0.15, -0.1) is 0 Å². The van der Waals surface area contributed by atoms with E-state index in [4.69, 9.17) is 4.74 Å². The number of ether oxygens (including phenoxy) is 1. The summed E-state index contributed by atoms with van der Waals surface area (Å²) in [5.74, 6) is 0.150. The third-order valence-electron chi connectivity index (χ3n) is 7.32. The number of anilines is 1. The molecular weight excluding hydrogens is 462 g/mol. The van der Waals surface area contributed by atoms with Gasteiger partial charge in [0.2, 0.25) is 0 Å². The summed E-state index contributed by atoms with van der Waals surface area (Å²) in [5.41, 5.74) is 3.84. The van der Waals surface area contributed by atoms with Crippen LogP contribution >= 0.6 is 0 Å². The molecule has 1 aliphatic rings. The van der Waals surface area contributed by atoms with Gasteiger partial charge in [0.1, 0.15) is 6.54 Å². The van der Waals surface area contributed by atoms with Gasteiger partial charge < -0.3 is 19.3 Å². The maximum atomic E-state index is 11.9. The quantitative estimate of drug-likeness (QED) is 0.320. The van der Waals surface area contributed by atoms with Crippen LogP contribution in [-0.4, -0.2) is 59.9 Å². The Morgan fingerprint density at radius 1 is 0.919 bits per heavy atom. The van der Waals surface area contributed by atoms with Gasteiger partial charge in [0.05, 0.1) is 6.61 Å². The van der Waals surface area contributed by atoms with E-state index in [9.17, 15) is 9.90 Å². The number of carbonyl (C=O) groups is 1. The molecule has 1 saturated heterocycles. The summed E-state index contributed by atoms with van der Waals surface area (Å²) in [6.45, 7) is 7.06. The molecule has 0 atom stereocenters. The lowest BCUT2D eigenvalue weighted by Gasteiger charge is -2.36. The van der Waals surface area contributed by atoms with Gasteiger partial charge in [-0.05, 0) is 43.1 Å². The Morgan fingerprint density at radius 3 is 2.19 bits per heavy atom. The van der Waals surface area contributed by atoms with Crippen LogP contribution in [0.15, 0.2) is 85.1 Å². The van der Waals surface area contributed by atoms with Crippen LogP contribution in [0.25, 0.3) is 10.8 Å². The van der Waals surface area contributed by atoms with Crippen LogP contribution in [0, 0.1) is 0 Å². The molecule has 192 valence electrons. The summed E-state index contributed by atoms with van der Waals surface area (Å²) < 4.78 is 6.58. The molecular formula is C31H35N3O3. The lowest BCUT2D eigenvalue weighted by atomic mass is 9.88. The van der Waals surface area contributed by atoms with E-state index in [2.05, 4.69) is 76.5 Å². The second-order valence-electron chi connectivity index (χ2n) is 9.65. The number of rotatable bonds is 9. The van der Waals surface area contributed by atoms with E-state index in [1.807, 2.05) is 12.1 Å². The lowest BCUT2D eigenvalue weighted by molar-refractivity contribution is -0.143. The fraction of sp³-hybridized carbons (Fsp3) is 0.323. The summed E-state index contributed by atoms with van der Waals surface area (Å²) in [6, 6.07) is 27.8. The molecule has 1 fully saturated rings. The first-order valence-corrected chi connectivity index (χ1v) is 13.2. The number of hydrogen-bond donors (Lipinski definition) is 1. The minimum absolute atomic E-state index is 0.00924. The zero-order chi connectivity index (χ0) is 25.6. The normalized spacial score (nSPS) is 14.4. The maximum absolute atomic E-state index is 11.9. The molecule has 37 heavy (non-hydrogen) atoms.